The Balaban J connectivity index is 1.72. The molecular weight excluding hydrogens is 478 g/mol. The Hall–Kier alpha value is -4.39. The van der Waals surface area contributed by atoms with Gasteiger partial charge in [-0.15, -0.1) is 0 Å². The van der Waals surface area contributed by atoms with Gasteiger partial charge in [0.1, 0.15) is 11.5 Å². The lowest BCUT2D eigenvalue weighted by molar-refractivity contribution is -0.132. The first-order chi connectivity index (χ1) is 18.0. The minimum atomic E-state index is -0.868. The molecule has 38 heavy (non-hydrogen) atoms. The van der Waals surface area contributed by atoms with Crippen LogP contribution in [0.4, 0.5) is 5.95 Å². The van der Waals surface area contributed by atoms with E-state index in [-0.39, 0.29) is 22.7 Å². The van der Waals surface area contributed by atoms with Crippen molar-refractivity contribution in [3.63, 3.8) is 0 Å². The molecule has 1 fully saturated rings. The van der Waals surface area contributed by atoms with Crippen LogP contribution >= 0.6 is 0 Å². The Morgan fingerprint density at radius 2 is 1.71 bits per heavy atom. The number of nitrogens with zero attached hydrogens (tertiary/aromatic N) is 2. The van der Waals surface area contributed by atoms with E-state index < -0.39 is 17.7 Å². The van der Waals surface area contributed by atoms with E-state index in [1.807, 2.05) is 56.3 Å². The summed E-state index contributed by atoms with van der Waals surface area (Å²) in [4.78, 5) is 36.3. The molecule has 0 aliphatic carbocycles. The van der Waals surface area contributed by atoms with Gasteiger partial charge in [0.05, 0.1) is 29.8 Å². The van der Waals surface area contributed by atoms with Gasteiger partial charge in [0.25, 0.3) is 5.78 Å². The van der Waals surface area contributed by atoms with Crippen LogP contribution in [-0.2, 0) is 15.0 Å². The zero-order valence-corrected chi connectivity index (χ0v) is 22.4. The van der Waals surface area contributed by atoms with Gasteiger partial charge in [0.2, 0.25) is 5.95 Å². The van der Waals surface area contributed by atoms with E-state index in [9.17, 15) is 14.7 Å². The third-order valence-corrected chi connectivity index (χ3v) is 7.08. The van der Waals surface area contributed by atoms with Crippen molar-refractivity contribution in [2.24, 2.45) is 0 Å². The molecule has 5 rings (SSSR count). The molecule has 1 unspecified atom stereocenters. The predicted molar refractivity (Wildman–Crippen MR) is 148 cm³/mol. The van der Waals surface area contributed by atoms with Gasteiger partial charge in [-0.25, -0.2) is 4.98 Å². The lowest BCUT2D eigenvalue weighted by Gasteiger charge is -2.25. The maximum Gasteiger partial charge on any atom is 0.302 e. The number of carbonyl (C=O) groups is 2. The summed E-state index contributed by atoms with van der Waals surface area (Å²) in [6.45, 7) is 10.2. The Morgan fingerprint density at radius 3 is 2.34 bits per heavy atom. The van der Waals surface area contributed by atoms with Crippen LogP contribution in [0.25, 0.3) is 16.8 Å². The number of ether oxygens (including phenoxy) is 1. The number of aliphatic hydroxyl groups excluding tert-OH is 1. The summed E-state index contributed by atoms with van der Waals surface area (Å²) >= 11 is 0. The van der Waals surface area contributed by atoms with Crippen molar-refractivity contribution < 1.29 is 19.4 Å². The molecule has 1 aromatic heterocycles. The van der Waals surface area contributed by atoms with E-state index in [1.165, 1.54) is 4.90 Å². The molecule has 7 heteroatoms. The van der Waals surface area contributed by atoms with Gasteiger partial charge in [-0.2, -0.15) is 0 Å². The second kappa shape index (κ2) is 9.17. The molecule has 7 nitrogen and oxygen atoms in total. The average molecular weight is 510 g/mol. The van der Waals surface area contributed by atoms with Crippen LogP contribution in [0.3, 0.4) is 0 Å². The molecule has 0 radical (unpaired) electrons. The maximum atomic E-state index is 13.5. The first-order valence-corrected chi connectivity index (χ1v) is 12.5. The summed E-state index contributed by atoms with van der Waals surface area (Å²) in [5.74, 6) is -0.866. The number of hydrogen-bond donors (Lipinski definition) is 2. The number of aromatic amines is 1. The number of carbonyl (C=O) groups excluding carboxylic acids is 2. The number of aryl methyl sites for hydroxylation is 2. The summed E-state index contributed by atoms with van der Waals surface area (Å²) in [7, 11) is 1.57. The molecule has 4 aromatic rings. The van der Waals surface area contributed by atoms with Gasteiger partial charge in [-0.3, -0.25) is 14.5 Å². The van der Waals surface area contributed by atoms with Crippen LogP contribution < -0.4 is 9.64 Å². The molecule has 1 aliphatic rings. The number of hydrogen-bond acceptors (Lipinski definition) is 5. The number of H-pyrrole nitrogens is 1. The topological polar surface area (TPSA) is 95.5 Å². The van der Waals surface area contributed by atoms with E-state index in [0.717, 1.165) is 16.6 Å². The number of amides is 1. The third kappa shape index (κ3) is 4.24. The number of aliphatic hydroxyl groups is 1. The molecule has 2 heterocycles. The van der Waals surface area contributed by atoms with E-state index in [4.69, 9.17) is 4.74 Å². The van der Waals surface area contributed by atoms with Crippen molar-refractivity contribution in [2.75, 3.05) is 12.0 Å². The third-order valence-electron chi connectivity index (χ3n) is 7.08. The predicted octanol–water partition coefficient (Wildman–Crippen LogP) is 6.11. The molecule has 1 amide bonds. The smallest absolute Gasteiger partial charge is 0.302 e. The van der Waals surface area contributed by atoms with Crippen LogP contribution in [0, 0.1) is 13.8 Å². The molecule has 2 N–H and O–H groups in total. The lowest BCUT2D eigenvalue weighted by Crippen LogP contribution is -2.30. The van der Waals surface area contributed by atoms with Crippen molar-refractivity contribution in [3.8, 4) is 5.75 Å². The summed E-state index contributed by atoms with van der Waals surface area (Å²) in [6, 6.07) is 17.9. The summed E-state index contributed by atoms with van der Waals surface area (Å²) < 4.78 is 5.30. The van der Waals surface area contributed by atoms with E-state index in [1.54, 1.807) is 25.3 Å². The van der Waals surface area contributed by atoms with E-state index in [2.05, 4.69) is 30.7 Å². The number of rotatable bonds is 4. The van der Waals surface area contributed by atoms with Gasteiger partial charge >= 0.3 is 5.91 Å². The zero-order chi connectivity index (χ0) is 27.4. The van der Waals surface area contributed by atoms with Crippen molar-refractivity contribution in [2.45, 2.75) is 46.1 Å². The molecule has 1 atom stereocenters. The van der Waals surface area contributed by atoms with Crippen LogP contribution in [0.2, 0.25) is 0 Å². The first-order valence-electron chi connectivity index (χ1n) is 12.5. The standard InChI is InChI=1S/C31H31N3O4/c1-17-7-14-23-24(15-17)33-30(32-23)34-26(19-8-10-20(11-9-19)31(3,4)5)25(28(36)29(34)37)27(35)22-13-12-21(38-6)16-18(22)2/h7-16,26,35H,1-6H3,(H,32,33)/b27-25+. The van der Waals surface area contributed by atoms with Crippen LogP contribution in [-0.4, -0.2) is 33.9 Å². The first kappa shape index (κ1) is 25.3. The molecule has 0 spiro atoms. The zero-order valence-electron chi connectivity index (χ0n) is 22.4. The van der Waals surface area contributed by atoms with Crippen molar-refractivity contribution in [1.29, 1.82) is 0 Å². The van der Waals surface area contributed by atoms with Crippen molar-refractivity contribution in [3.05, 3.63) is 94.1 Å². The van der Waals surface area contributed by atoms with E-state index >= 15 is 0 Å². The molecule has 194 valence electrons. The quantitative estimate of drug-likeness (QED) is 0.197. The highest BCUT2D eigenvalue weighted by molar-refractivity contribution is 6.51. The molecule has 1 saturated heterocycles. The number of imidazole rings is 1. The Bertz CT molecular complexity index is 1610. The monoisotopic (exact) mass is 509 g/mol. The fourth-order valence-corrected chi connectivity index (χ4v) is 4.93. The van der Waals surface area contributed by atoms with Gasteiger partial charge in [-0.05, 0) is 71.8 Å². The van der Waals surface area contributed by atoms with Gasteiger partial charge in [-0.1, -0.05) is 51.1 Å². The van der Waals surface area contributed by atoms with Gasteiger partial charge < -0.3 is 14.8 Å². The normalized spacial score (nSPS) is 17.4. The number of methoxy groups -OCH3 is 1. The number of anilines is 1. The fraction of sp³-hybridized carbons (Fsp3) is 0.258. The second-order valence-corrected chi connectivity index (χ2v) is 10.8. The van der Waals surface area contributed by atoms with Gasteiger partial charge in [0.15, 0.2) is 0 Å². The molecule has 0 bridgehead atoms. The van der Waals surface area contributed by atoms with Crippen molar-refractivity contribution >= 4 is 34.4 Å². The molecule has 0 saturated carbocycles. The SMILES string of the molecule is COc1ccc(/C(O)=C2\C(=O)C(=O)N(c3nc4ccc(C)cc4[nH]3)C2c2ccc(C(C)(C)C)cc2)c(C)c1. The van der Waals surface area contributed by atoms with Crippen molar-refractivity contribution in [1.82, 2.24) is 9.97 Å². The highest BCUT2D eigenvalue weighted by Gasteiger charge is 2.48. The maximum absolute atomic E-state index is 13.5. The number of aromatic nitrogens is 2. The Morgan fingerprint density at radius 1 is 1.00 bits per heavy atom. The number of Topliss-reactive ketones (excluding diaryl/α,β-unsaturated/α-hetero) is 1. The van der Waals surface area contributed by atoms with Gasteiger partial charge in [0, 0.05) is 5.56 Å². The number of ketones is 1. The summed E-state index contributed by atoms with van der Waals surface area (Å²) in [6.07, 6.45) is 0. The average Bonchev–Trinajstić information content (AvgIpc) is 3.40. The Labute approximate surface area is 221 Å². The van der Waals surface area contributed by atoms with Crippen LogP contribution in [0.1, 0.15) is 54.6 Å². The molecule has 1 aliphatic heterocycles. The number of benzene rings is 3. The van der Waals surface area contributed by atoms with Crippen LogP contribution in [0.5, 0.6) is 5.75 Å². The molecule has 3 aromatic carbocycles. The lowest BCUT2D eigenvalue weighted by atomic mass is 9.85. The Kier molecular flexibility index (Phi) is 6.10. The highest BCUT2D eigenvalue weighted by Crippen LogP contribution is 2.42. The number of fused-ring (bicyclic) bond motifs is 1. The number of nitrogens with one attached hydrogen (secondary N) is 1. The fourth-order valence-electron chi connectivity index (χ4n) is 4.93. The minimum absolute atomic E-state index is 0.0170. The summed E-state index contributed by atoms with van der Waals surface area (Å²) in [5, 5.41) is 11.5. The van der Waals surface area contributed by atoms with E-state index in [0.29, 0.717) is 28.0 Å². The minimum Gasteiger partial charge on any atom is -0.507 e. The molecular formula is C31H31N3O4. The second-order valence-electron chi connectivity index (χ2n) is 10.8. The largest absolute Gasteiger partial charge is 0.507 e. The highest BCUT2D eigenvalue weighted by atomic mass is 16.5. The van der Waals surface area contributed by atoms with Crippen LogP contribution in [0.15, 0.2) is 66.2 Å². The summed E-state index contributed by atoms with van der Waals surface area (Å²) in [5.41, 5.74) is 5.41.